The Morgan fingerprint density at radius 2 is 2.33 bits per heavy atom. The van der Waals surface area contributed by atoms with Gasteiger partial charge >= 0.3 is 0 Å². The van der Waals surface area contributed by atoms with Crippen LogP contribution in [0, 0.1) is 0 Å². The standard InChI is InChI=1S/C17H22N4O2S/c22-17(12-21-11-16(18-19-21)13-5-6-13)20(9-14-3-1-7-23-14)10-15-4-2-8-24-15/h2,4,8,11,13-14H,1,3,5-7,9-10,12H2. The molecular weight excluding hydrogens is 324 g/mol. The maximum Gasteiger partial charge on any atom is 0.244 e. The van der Waals surface area contributed by atoms with Crippen LogP contribution < -0.4 is 0 Å². The molecule has 6 nitrogen and oxygen atoms in total. The summed E-state index contributed by atoms with van der Waals surface area (Å²) in [5.41, 5.74) is 1.02. The van der Waals surface area contributed by atoms with Crippen molar-refractivity contribution in [3.63, 3.8) is 0 Å². The van der Waals surface area contributed by atoms with Crippen LogP contribution in [0.2, 0.25) is 0 Å². The van der Waals surface area contributed by atoms with Gasteiger partial charge in [0.1, 0.15) is 6.54 Å². The fourth-order valence-electron chi connectivity index (χ4n) is 3.07. The molecule has 1 aliphatic carbocycles. The second-order valence-electron chi connectivity index (χ2n) is 6.60. The normalized spacial score (nSPS) is 20.4. The third kappa shape index (κ3) is 3.84. The smallest absolute Gasteiger partial charge is 0.244 e. The molecule has 0 bridgehead atoms. The number of carbonyl (C=O) groups excluding carboxylic acids is 1. The summed E-state index contributed by atoms with van der Waals surface area (Å²) in [5.74, 6) is 0.633. The molecule has 128 valence electrons. The number of ether oxygens (including phenoxy) is 1. The van der Waals surface area contributed by atoms with Gasteiger partial charge in [-0.3, -0.25) is 4.79 Å². The van der Waals surface area contributed by atoms with Crippen LogP contribution in [0.3, 0.4) is 0 Å². The Morgan fingerprint density at radius 3 is 3.04 bits per heavy atom. The molecule has 2 aliphatic rings. The van der Waals surface area contributed by atoms with Crippen molar-refractivity contribution < 1.29 is 9.53 Å². The molecular formula is C17H22N4O2S. The number of amides is 1. The largest absolute Gasteiger partial charge is 0.376 e. The number of aromatic nitrogens is 3. The minimum Gasteiger partial charge on any atom is -0.376 e. The minimum absolute atomic E-state index is 0.0751. The molecule has 3 heterocycles. The van der Waals surface area contributed by atoms with Crippen molar-refractivity contribution in [2.24, 2.45) is 0 Å². The van der Waals surface area contributed by atoms with Gasteiger partial charge in [0.05, 0.1) is 18.3 Å². The van der Waals surface area contributed by atoms with Crippen LogP contribution in [0.4, 0.5) is 0 Å². The molecule has 1 unspecified atom stereocenters. The van der Waals surface area contributed by atoms with E-state index >= 15 is 0 Å². The highest BCUT2D eigenvalue weighted by Gasteiger charge is 2.27. The van der Waals surface area contributed by atoms with Crippen molar-refractivity contribution in [2.75, 3.05) is 13.2 Å². The fourth-order valence-corrected chi connectivity index (χ4v) is 3.79. The van der Waals surface area contributed by atoms with Gasteiger partial charge in [0, 0.05) is 30.1 Å². The summed E-state index contributed by atoms with van der Waals surface area (Å²) in [6, 6.07) is 4.09. The van der Waals surface area contributed by atoms with E-state index in [9.17, 15) is 4.79 Å². The second kappa shape index (κ2) is 7.03. The van der Waals surface area contributed by atoms with Crippen molar-refractivity contribution in [3.05, 3.63) is 34.3 Å². The molecule has 2 aromatic heterocycles. The molecule has 7 heteroatoms. The number of rotatable bonds is 7. The Kier molecular flexibility index (Phi) is 4.62. The Hall–Kier alpha value is -1.73. The Labute approximate surface area is 145 Å². The zero-order valence-electron chi connectivity index (χ0n) is 13.6. The van der Waals surface area contributed by atoms with Gasteiger partial charge in [-0.2, -0.15) is 0 Å². The fraction of sp³-hybridized carbons (Fsp3) is 0.588. The highest BCUT2D eigenvalue weighted by molar-refractivity contribution is 7.09. The molecule has 0 radical (unpaired) electrons. The van der Waals surface area contributed by atoms with Crippen molar-refractivity contribution in [3.8, 4) is 0 Å². The van der Waals surface area contributed by atoms with E-state index in [-0.39, 0.29) is 18.6 Å². The number of thiophene rings is 1. The first-order chi connectivity index (χ1) is 11.8. The van der Waals surface area contributed by atoms with Crippen molar-refractivity contribution in [2.45, 2.75) is 50.8 Å². The molecule has 2 aromatic rings. The molecule has 1 saturated carbocycles. The third-order valence-corrected chi connectivity index (χ3v) is 5.44. The number of nitrogens with zero attached hydrogens (tertiary/aromatic N) is 4. The van der Waals surface area contributed by atoms with Gasteiger partial charge < -0.3 is 9.64 Å². The van der Waals surface area contributed by atoms with Crippen LogP contribution >= 0.6 is 11.3 Å². The lowest BCUT2D eigenvalue weighted by atomic mass is 10.2. The first-order valence-corrected chi connectivity index (χ1v) is 9.47. The van der Waals surface area contributed by atoms with Gasteiger partial charge in [0.15, 0.2) is 0 Å². The van der Waals surface area contributed by atoms with Gasteiger partial charge in [0.25, 0.3) is 0 Å². The molecule has 0 N–H and O–H groups in total. The Morgan fingerprint density at radius 1 is 1.42 bits per heavy atom. The Balaban J connectivity index is 1.42. The Bertz CT molecular complexity index is 675. The van der Waals surface area contributed by atoms with Crippen molar-refractivity contribution >= 4 is 17.2 Å². The predicted octanol–water partition coefficient (Wildman–Crippen LogP) is 2.42. The van der Waals surface area contributed by atoms with E-state index < -0.39 is 0 Å². The zero-order valence-corrected chi connectivity index (χ0v) is 14.5. The quantitative estimate of drug-likeness (QED) is 0.772. The summed E-state index contributed by atoms with van der Waals surface area (Å²) < 4.78 is 7.40. The first-order valence-electron chi connectivity index (χ1n) is 8.60. The first kappa shape index (κ1) is 15.8. The van der Waals surface area contributed by atoms with Crippen LogP contribution in [-0.4, -0.2) is 45.1 Å². The molecule has 0 spiro atoms. The van der Waals surface area contributed by atoms with E-state index in [1.165, 1.54) is 17.7 Å². The summed E-state index contributed by atoms with van der Waals surface area (Å²) >= 11 is 1.68. The lowest BCUT2D eigenvalue weighted by Gasteiger charge is -2.25. The SMILES string of the molecule is O=C(Cn1cc(C2CC2)nn1)N(Cc1cccs1)CC1CCCO1. The van der Waals surface area contributed by atoms with Crippen LogP contribution in [-0.2, 0) is 22.6 Å². The summed E-state index contributed by atoms with van der Waals surface area (Å²) in [6.45, 7) is 2.35. The number of carbonyl (C=O) groups is 1. The average molecular weight is 346 g/mol. The van der Waals surface area contributed by atoms with Crippen LogP contribution in [0.5, 0.6) is 0 Å². The molecule has 0 aromatic carbocycles. The summed E-state index contributed by atoms with van der Waals surface area (Å²) in [5, 5.41) is 10.4. The van der Waals surface area contributed by atoms with E-state index in [0.29, 0.717) is 19.0 Å². The topological polar surface area (TPSA) is 60.2 Å². The van der Waals surface area contributed by atoms with Gasteiger partial charge in [-0.15, -0.1) is 16.4 Å². The van der Waals surface area contributed by atoms with E-state index in [1.54, 1.807) is 16.0 Å². The van der Waals surface area contributed by atoms with Crippen molar-refractivity contribution in [1.29, 1.82) is 0 Å². The molecule has 2 fully saturated rings. The number of hydrogen-bond donors (Lipinski definition) is 0. The summed E-state index contributed by atoms with van der Waals surface area (Å²) in [7, 11) is 0. The van der Waals surface area contributed by atoms with Gasteiger partial charge in [-0.25, -0.2) is 4.68 Å². The molecule has 1 aliphatic heterocycles. The number of hydrogen-bond acceptors (Lipinski definition) is 5. The summed E-state index contributed by atoms with van der Waals surface area (Å²) in [6.07, 6.45) is 6.58. The lowest BCUT2D eigenvalue weighted by molar-refractivity contribution is -0.134. The van der Waals surface area contributed by atoms with Gasteiger partial charge in [0.2, 0.25) is 5.91 Å². The third-order valence-electron chi connectivity index (χ3n) is 4.58. The maximum absolute atomic E-state index is 12.8. The highest BCUT2D eigenvalue weighted by atomic mass is 32.1. The predicted molar refractivity (Wildman–Crippen MR) is 90.7 cm³/mol. The molecule has 1 saturated heterocycles. The zero-order chi connectivity index (χ0) is 16.4. The van der Waals surface area contributed by atoms with E-state index in [2.05, 4.69) is 16.4 Å². The van der Waals surface area contributed by atoms with Crippen molar-refractivity contribution in [1.82, 2.24) is 19.9 Å². The van der Waals surface area contributed by atoms with Gasteiger partial charge in [-0.05, 0) is 37.1 Å². The molecule has 1 amide bonds. The highest BCUT2D eigenvalue weighted by Crippen LogP contribution is 2.38. The van der Waals surface area contributed by atoms with E-state index in [4.69, 9.17) is 4.74 Å². The molecule has 1 atom stereocenters. The monoisotopic (exact) mass is 346 g/mol. The lowest BCUT2D eigenvalue weighted by Crippen LogP contribution is -2.38. The minimum atomic E-state index is 0.0751. The van der Waals surface area contributed by atoms with Crippen LogP contribution in [0.15, 0.2) is 23.7 Å². The van der Waals surface area contributed by atoms with Gasteiger partial charge in [-0.1, -0.05) is 11.3 Å². The average Bonchev–Trinajstić information content (AvgIpc) is 3.01. The molecule has 24 heavy (non-hydrogen) atoms. The van der Waals surface area contributed by atoms with E-state index in [0.717, 1.165) is 25.1 Å². The summed E-state index contributed by atoms with van der Waals surface area (Å²) in [4.78, 5) is 15.9. The van der Waals surface area contributed by atoms with Crippen LogP contribution in [0.1, 0.15) is 42.2 Å². The second-order valence-corrected chi connectivity index (χ2v) is 7.64. The maximum atomic E-state index is 12.8. The van der Waals surface area contributed by atoms with E-state index in [1.807, 2.05) is 22.5 Å². The van der Waals surface area contributed by atoms with Crippen LogP contribution in [0.25, 0.3) is 0 Å². The molecule has 4 rings (SSSR count).